The molecule has 0 aliphatic rings. The minimum absolute atomic E-state index is 0.342. The van der Waals surface area contributed by atoms with Gasteiger partial charge < -0.3 is 10.1 Å². The van der Waals surface area contributed by atoms with Gasteiger partial charge in [0.1, 0.15) is 10.7 Å². The van der Waals surface area contributed by atoms with Crippen LogP contribution in [0.2, 0.25) is 0 Å². The molecule has 8 heteroatoms. The Balaban J connectivity index is 1.38. The Morgan fingerprint density at radius 2 is 2.03 bits per heavy atom. The zero-order chi connectivity index (χ0) is 21.6. The molecule has 0 unspecified atom stereocenters. The van der Waals surface area contributed by atoms with Gasteiger partial charge >= 0.3 is 6.09 Å². The molecule has 1 amide bonds. The zero-order valence-corrected chi connectivity index (χ0v) is 18.2. The largest absolute Gasteiger partial charge is 0.413 e. The van der Waals surface area contributed by atoms with Crippen molar-refractivity contribution in [3.8, 4) is 15.8 Å². The fourth-order valence-corrected chi connectivity index (χ4v) is 4.01. The topological polar surface area (TPSA) is 81.9 Å². The van der Waals surface area contributed by atoms with Crippen molar-refractivity contribution in [3.05, 3.63) is 83.9 Å². The molecule has 0 bridgehead atoms. The number of benzene rings is 1. The number of thiazole rings is 1. The number of amides is 1. The van der Waals surface area contributed by atoms with E-state index < -0.39 is 6.09 Å². The van der Waals surface area contributed by atoms with Crippen molar-refractivity contribution in [2.45, 2.75) is 32.9 Å². The summed E-state index contributed by atoms with van der Waals surface area (Å²) in [5, 5.41) is 8.56. The predicted octanol–water partition coefficient (Wildman–Crippen LogP) is 4.80. The molecule has 7 nitrogen and oxygen atoms in total. The van der Waals surface area contributed by atoms with E-state index in [1.807, 2.05) is 54.2 Å². The SMILES string of the molecule is Cc1nc(-c2ccn(C[C@H](C)c3ccccc3)n2)sc1OC(=O)NCc1cccnc1. The van der Waals surface area contributed by atoms with Crippen molar-refractivity contribution in [3.63, 3.8) is 0 Å². The van der Waals surface area contributed by atoms with Crippen LogP contribution in [0.3, 0.4) is 0 Å². The van der Waals surface area contributed by atoms with Gasteiger partial charge in [0.25, 0.3) is 0 Å². The van der Waals surface area contributed by atoms with Gasteiger partial charge in [-0.05, 0) is 30.2 Å². The first-order valence-electron chi connectivity index (χ1n) is 9.99. The third-order valence-electron chi connectivity index (χ3n) is 4.79. The standard InChI is InChI=1S/C23H23N5O2S/c1-16(19-8-4-3-5-9-19)15-28-12-10-20(27-28)21-26-17(2)22(31-21)30-23(29)25-14-18-7-6-11-24-13-18/h3-13,16H,14-15H2,1-2H3,(H,25,29)/t16-/m0/s1. The molecule has 31 heavy (non-hydrogen) atoms. The van der Waals surface area contributed by atoms with Crippen molar-refractivity contribution in [1.29, 1.82) is 0 Å². The second kappa shape index (κ2) is 9.53. The molecule has 0 fully saturated rings. The number of nitrogens with one attached hydrogen (secondary N) is 1. The number of aryl methyl sites for hydroxylation is 1. The van der Waals surface area contributed by atoms with Gasteiger partial charge in [-0.3, -0.25) is 9.67 Å². The molecule has 1 N–H and O–H groups in total. The molecular weight excluding hydrogens is 410 g/mol. The van der Waals surface area contributed by atoms with Gasteiger partial charge in [0, 0.05) is 37.6 Å². The number of ether oxygens (including phenoxy) is 1. The molecule has 0 saturated carbocycles. The molecule has 1 atom stereocenters. The molecule has 1 aromatic carbocycles. The number of rotatable bonds is 7. The minimum Gasteiger partial charge on any atom is -0.397 e. The summed E-state index contributed by atoms with van der Waals surface area (Å²) < 4.78 is 7.37. The summed E-state index contributed by atoms with van der Waals surface area (Å²) in [5.74, 6) is 0.342. The Morgan fingerprint density at radius 1 is 1.19 bits per heavy atom. The Kier molecular flexibility index (Phi) is 6.37. The molecule has 0 radical (unpaired) electrons. The highest BCUT2D eigenvalue weighted by Gasteiger charge is 2.16. The summed E-state index contributed by atoms with van der Waals surface area (Å²) >= 11 is 1.31. The molecule has 0 saturated heterocycles. The maximum absolute atomic E-state index is 12.1. The third kappa shape index (κ3) is 5.35. The average Bonchev–Trinajstić information content (AvgIpc) is 3.40. The second-order valence-electron chi connectivity index (χ2n) is 7.23. The van der Waals surface area contributed by atoms with Gasteiger partial charge in [0.15, 0.2) is 0 Å². The molecule has 3 heterocycles. The van der Waals surface area contributed by atoms with Gasteiger partial charge in [-0.1, -0.05) is 54.7 Å². The number of hydrogen-bond donors (Lipinski definition) is 1. The highest BCUT2D eigenvalue weighted by atomic mass is 32.1. The van der Waals surface area contributed by atoms with E-state index in [1.165, 1.54) is 16.9 Å². The maximum atomic E-state index is 12.1. The Morgan fingerprint density at radius 3 is 2.81 bits per heavy atom. The van der Waals surface area contributed by atoms with Crippen LogP contribution in [0, 0.1) is 6.92 Å². The van der Waals surface area contributed by atoms with E-state index in [4.69, 9.17) is 4.74 Å². The van der Waals surface area contributed by atoms with Crippen molar-refractivity contribution < 1.29 is 9.53 Å². The zero-order valence-electron chi connectivity index (χ0n) is 17.4. The lowest BCUT2D eigenvalue weighted by Crippen LogP contribution is -2.26. The summed E-state index contributed by atoms with van der Waals surface area (Å²) in [5.41, 5.74) is 3.59. The first-order valence-corrected chi connectivity index (χ1v) is 10.8. The number of pyridine rings is 1. The van der Waals surface area contributed by atoms with E-state index in [2.05, 4.69) is 39.4 Å². The molecule has 4 rings (SSSR count). The van der Waals surface area contributed by atoms with E-state index in [-0.39, 0.29) is 0 Å². The third-order valence-corrected chi connectivity index (χ3v) is 5.85. The van der Waals surface area contributed by atoms with Gasteiger partial charge in [-0.2, -0.15) is 5.10 Å². The van der Waals surface area contributed by atoms with E-state index >= 15 is 0 Å². The van der Waals surface area contributed by atoms with E-state index in [1.54, 1.807) is 12.4 Å². The van der Waals surface area contributed by atoms with Crippen LogP contribution in [0.15, 0.2) is 67.1 Å². The normalized spacial score (nSPS) is 11.8. The van der Waals surface area contributed by atoms with Crippen molar-refractivity contribution in [2.75, 3.05) is 0 Å². The monoisotopic (exact) mass is 433 g/mol. The summed E-state index contributed by atoms with van der Waals surface area (Å²) in [6.07, 6.45) is 4.82. The number of aromatic nitrogens is 4. The van der Waals surface area contributed by atoms with Crippen LogP contribution in [-0.2, 0) is 13.1 Å². The van der Waals surface area contributed by atoms with E-state index in [9.17, 15) is 4.79 Å². The number of hydrogen-bond acceptors (Lipinski definition) is 6. The smallest absolute Gasteiger partial charge is 0.397 e. The van der Waals surface area contributed by atoms with E-state index in [0.717, 1.165) is 22.8 Å². The van der Waals surface area contributed by atoms with Gasteiger partial charge in [-0.25, -0.2) is 9.78 Å². The fraction of sp³-hybridized carbons (Fsp3) is 0.217. The van der Waals surface area contributed by atoms with Gasteiger partial charge in [0.2, 0.25) is 5.06 Å². The molecule has 0 aliphatic carbocycles. The quantitative estimate of drug-likeness (QED) is 0.453. The van der Waals surface area contributed by atoms with E-state index in [0.29, 0.717) is 23.2 Å². The molecule has 158 valence electrons. The predicted molar refractivity (Wildman–Crippen MR) is 120 cm³/mol. The molecule has 4 aromatic rings. The van der Waals surface area contributed by atoms with Crippen LogP contribution in [-0.4, -0.2) is 25.8 Å². The Bertz CT molecular complexity index is 1140. The number of carbonyl (C=O) groups excluding carboxylic acids is 1. The maximum Gasteiger partial charge on any atom is 0.413 e. The fourth-order valence-electron chi connectivity index (χ4n) is 3.13. The van der Waals surface area contributed by atoms with Gasteiger partial charge in [-0.15, -0.1) is 0 Å². The Labute approximate surface area is 184 Å². The van der Waals surface area contributed by atoms with Crippen LogP contribution >= 0.6 is 11.3 Å². The molecule has 0 aliphatic heterocycles. The second-order valence-corrected chi connectivity index (χ2v) is 8.19. The molecular formula is C23H23N5O2S. The average molecular weight is 434 g/mol. The summed E-state index contributed by atoms with van der Waals surface area (Å²) in [6.45, 7) is 5.12. The van der Waals surface area contributed by atoms with Crippen LogP contribution in [0.25, 0.3) is 10.7 Å². The first-order chi connectivity index (χ1) is 15.1. The Hall–Kier alpha value is -3.52. The highest BCUT2D eigenvalue weighted by Crippen LogP contribution is 2.33. The highest BCUT2D eigenvalue weighted by molar-refractivity contribution is 7.17. The van der Waals surface area contributed by atoms with Crippen molar-refractivity contribution >= 4 is 17.4 Å². The van der Waals surface area contributed by atoms with Crippen LogP contribution in [0.4, 0.5) is 4.79 Å². The molecule has 0 spiro atoms. The number of carbonyl (C=O) groups is 1. The van der Waals surface area contributed by atoms with Crippen LogP contribution < -0.4 is 10.1 Å². The molecule has 3 aromatic heterocycles. The lowest BCUT2D eigenvalue weighted by atomic mass is 10.0. The van der Waals surface area contributed by atoms with Gasteiger partial charge in [0.05, 0.1) is 5.69 Å². The number of nitrogens with zero attached hydrogens (tertiary/aromatic N) is 4. The van der Waals surface area contributed by atoms with Crippen LogP contribution in [0.5, 0.6) is 5.06 Å². The summed E-state index contributed by atoms with van der Waals surface area (Å²) in [6, 6.07) is 16.0. The van der Waals surface area contributed by atoms with Crippen molar-refractivity contribution in [1.82, 2.24) is 25.1 Å². The first kappa shape index (κ1) is 20.7. The lowest BCUT2D eigenvalue weighted by Gasteiger charge is -2.11. The summed E-state index contributed by atoms with van der Waals surface area (Å²) in [7, 11) is 0. The van der Waals surface area contributed by atoms with Crippen molar-refractivity contribution in [2.24, 2.45) is 0 Å². The minimum atomic E-state index is -0.524. The lowest BCUT2D eigenvalue weighted by molar-refractivity contribution is 0.201. The van der Waals surface area contributed by atoms with Crippen LogP contribution in [0.1, 0.15) is 29.7 Å². The summed E-state index contributed by atoms with van der Waals surface area (Å²) in [4.78, 5) is 20.7.